The molecule has 0 bridgehead atoms. The average molecular weight is 348 g/mol. The summed E-state index contributed by atoms with van der Waals surface area (Å²) in [5.74, 6) is -0.380. The Hall–Kier alpha value is -3.32. The van der Waals surface area contributed by atoms with Crippen molar-refractivity contribution in [1.82, 2.24) is 15.2 Å². The van der Waals surface area contributed by atoms with Gasteiger partial charge in [0.2, 0.25) is 0 Å². The third-order valence-electron chi connectivity index (χ3n) is 3.73. The number of amides is 1. The molecule has 0 radical (unpaired) electrons. The number of fused-ring (bicyclic) bond motifs is 1. The van der Waals surface area contributed by atoms with Crippen LogP contribution in [-0.2, 0) is 0 Å². The van der Waals surface area contributed by atoms with Crippen molar-refractivity contribution >= 4 is 33.7 Å². The van der Waals surface area contributed by atoms with E-state index in [0.29, 0.717) is 16.5 Å². The van der Waals surface area contributed by atoms with Crippen LogP contribution in [0.4, 0.5) is 5.69 Å². The first kappa shape index (κ1) is 15.2. The first-order chi connectivity index (χ1) is 12.2. The minimum atomic E-state index is -0.380. The van der Waals surface area contributed by atoms with Crippen LogP contribution in [0.1, 0.15) is 10.5 Å². The number of hydrogen-bond acceptors (Lipinski definition) is 5. The van der Waals surface area contributed by atoms with Gasteiger partial charge in [0.25, 0.3) is 11.5 Å². The lowest BCUT2D eigenvalue weighted by molar-refractivity contribution is 0.102. The second-order valence-electron chi connectivity index (χ2n) is 5.32. The van der Waals surface area contributed by atoms with Gasteiger partial charge in [-0.15, -0.1) is 11.3 Å². The number of carbonyl (C=O) groups is 1. The summed E-state index contributed by atoms with van der Waals surface area (Å²) in [4.78, 5) is 28.6. The molecule has 4 aromatic rings. The molecule has 1 amide bonds. The lowest BCUT2D eigenvalue weighted by atomic mass is 10.1. The Morgan fingerprint density at radius 2 is 1.80 bits per heavy atom. The Bertz CT molecular complexity index is 1100. The van der Waals surface area contributed by atoms with Gasteiger partial charge in [0.15, 0.2) is 5.69 Å². The Kier molecular flexibility index (Phi) is 3.83. The normalized spacial score (nSPS) is 10.7. The fourth-order valence-corrected chi connectivity index (χ4v) is 3.18. The minimum Gasteiger partial charge on any atom is -0.321 e. The van der Waals surface area contributed by atoms with Crippen molar-refractivity contribution < 1.29 is 4.79 Å². The van der Waals surface area contributed by atoms with Gasteiger partial charge in [-0.2, -0.15) is 5.10 Å². The zero-order valence-electron chi connectivity index (χ0n) is 12.9. The molecule has 0 saturated heterocycles. The second kappa shape index (κ2) is 6.29. The average Bonchev–Trinajstić information content (AvgIpc) is 3.17. The maximum absolute atomic E-state index is 12.5. The molecule has 2 heterocycles. The van der Waals surface area contributed by atoms with Gasteiger partial charge in [0, 0.05) is 28.2 Å². The molecule has 0 atom stereocenters. The zero-order chi connectivity index (χ0) is 17.2. The van der Waals surface area contributed by atoms with E-state index in [1.54, 1.807) is 41.8 Å². The summed E-state index contributed by atoms with van der Waals surface area (Å²) in [5, 5.41) is 12.9. The molecule has 0 aliphatic carbocycles. The van der Waals surface area contributed by atoms with E-state index in [1.807, 2.05) is 29.6 Å². The van der Waals surface area contributed by atoms with E-state index in [4.69, 9.17) is 0 Å². The summed E-state index contributed by atoms with van der Waals surface area (Å²) in [7, 11) is 0. The van der Waals surface area contributed by atoms with Gasteiger partial charge in [-0.25, -0.2) is 10.1 Å². The number of H-pyrrole nitrogens is 1. The molecule has 7 heteroatoms. The third-order valence-corrected chi connectivity index (χ3v) is 4.56. The lowest BCUT2D eigenvalue weighted by Gasteiger charge is -2.07. The number of aromatic amines is 1. The number of carbonyl (C=O) groups excluding carboxylic acids is 1. The van der Waals surface area contributed by atoms with E-state index in [1.165, 1.54) is 0 Å². The number of anilines is 1. The predicted molar refractivity (Wildman–Crippen MR) is 97.9 cm³/mol. The fraction of sp³-hybridized carbons (Fsp3) is 0. The number of hydrogen-bond donors (Lipinski definition) is 2. The van der Waals surface area contributed by atoms with Crippen LogP contribution in [0.25, 0.3) is 21.3 Å². The van der Waals surface area contributed by atoms with Crippen molar-refractivity contribution in [3.8, 4) is 10.6 Å². The van der Waals surface area contributed by atoms with Crippen molar-refractivity contribution in [2.24, 2.45) is 0 Å². The van der Waals surface area contributed by atoms with Crippen molar-refractivity contribution in [3.05, 3.63) is 76.2 Å². The number of nitrogens with one attached hydrogen (secondary N) is 2. The predicted octanol–water partition coefficient (Wildman–Crippen LogP) is 3.30. The number of aromatic nitrogens is 3. The van der Waals surface area contributed by atoms with Crippen LogP contribution in [0.2, 0.25) is 0 Å². The standard InChI is InChI=1S/C18H12N4O2S/c23-16-14-4-2-1-3-13(14)15(21-22-16)17(24)20-12-7-5-11(6-8-12)18-19-9-10-25-18/h1-10H,(H,20,24)(H,22,23). The first-order valence-corrected chi connectivity index (χ1v) is 8.39. The van der Waals surface area contributed by atoms with E-state index < -0.39 is 0 Å². The highest BCUT2D eigenvalue weighted by molar-refractivity contribution is 7.13. The molecule has 2 N–H and O–H groups in total. The van der Waals surface area contributed by atoms with Crippen molar-refractivity contribution in [3.63, 3.8) is 0 Å². The van der Waals surface area contributed by atoms with Crippen LogP contribution >= 0.6 is 11.3 Å². The maximum atomic E-state index is 12.5. The van der Waals surface area contributed by atoms with E-state index in [9.17, 15) is 9.59 Å². The van der Waals surface area contributed by atoms with E-state index >= 15 is 0 Å². The number of nitrogens with zero attached hydrogens (tertiary/aromatic N) is 2. The molecule has 4 rings (SSSR count). The summed E-state index contributed by atoms with van der Waals surface area (Å²) in [5.41, 5.74) is 1.49. The van der Waals surface area contributed by atoms with E-state index in [0.717, 1.165) is 10.6 Å². The van der Waals surface area contributed by atoms with Crippen LogP contribution in [0.15, 0.2) is 64.9 Å². The van der Waals surface area contributed by atoms with Gasteiger partial charge < -0.3 is 5.32 Å². The van der Waals surface area contributed by atoms with Crippen LogP contribution in [0.3, 0.4) is 0 Å². The van der Waals surface area contributed by atoms with Crippen LogP contribution in [0.5, 0.6) is 0 Å². The Morgan fingerprint density at radius 3 is 2.52 bits per heavy atom. The van der Waals surface area contributed by atoms with Crippen molar-refractivity contribution in [1.29, 1.82) is 0 Å². The monoisotopic (exact) mass is 348 g/mol. The molecule has 25 heavy (non-hydrogen) atoms. The number of rotatable bonds is 3. The highest BCUT2D eigenvalue weighted by Crippen LogP contribution is 2.23. The summed E-state index contributed by atoms with van der Waals surface area (Å²) >= 11 is 1.55. The van der Waals surface area contributed by atoms with Crippen LogP contribution in [0, 0.1) is 0 Å². The molecule has 2 aromatic carbocycles. The van der Waals surface area contributed by atoms with Gasteiger partial charge in [-0.3, -0.25) is 9.59 Å². The quantitative estimate of drug-likeness (QED) is 0.595. The van der Waals surface area contributed by atoms with Crippen LogP contribution in [-0.4, -0.2) is 21.1 Å². The summed E-state index contributed by atoms with van der Waals surface area (Å²) in [6.07, 6.45) is 1.75. The molecule has 0 spiro atoms. The largest absolute Gasteiger partial charge is 0.321 e. The van der Waals surface area contributed by atoms with Gasteiger partial charge in [0.1, 0.15) is 5.01 Å². The molecule has 0 aliphatic heterocycles. The topological polar surface area (TPSA) is 87.7 Å². The Balaban J connectivity index is 1.62. The van der Waals surface area contributed by atoms with Gasteiger partial charge in [-0.05, 0) is 30.3 Å². The minimum absolute atomic E-state index is 0.180. The SMILES string of the molecule is O=C(Nc1ccc(-c2nccs2)cc1)c1n[nH]c(=O)c2ccccc12. The van der Waals surface area contributed by atoms with Crippen molar-refractivity contribution in [2.45, 2.75) is 0 Å². The van der Waals surface area contributed by atoms with Crippen molar-refractivity contribution in [2.75, 3.05) is 5.32 Å². The Morgan fingerprint density at radius 1 is 1.04 bits per heavy atom. The fourth-order valence-electron chi connectivity index (χ4n) is 2.54. The van der Waals surface area contributed by atoms with Crippen LogP contribution < -0.4 is 10.9 Å². The summed E-state index contributed by atoms with van der Waals surface area (Å²) < 4.78 is 0. The molecule has 0 aliphatic rings. The Labute approximate surface area is 146 Å². The molecule has 2 aromatic heterocycles. The smallest absolute Gasteiger partial charge is 0.276 e. The summed E-state index contributed by atoms with van der Waals surface area (Å²) in [6.45, 7) is 0. The summed E-state index contributed by atoms with van der Waals surface area (Å²) in [6, 6.07) is 14.3. The second-order valence-corrected chi connectivity index (χ2v) is 6.21. The van der Waals surface area contributed by atoms with Gasteiger partial charge in [0.05, 0.1) is 5.39 Å². The molecular weight excluding hydrogens is 336 g/mol. The molecule has 6 nitrogen and oxygen atoms in total. The molecule has 0 unspecified atom stereocenters. The zero-order valence-corrected chi connectivity index (χ0v) is 13.7. The van der Waals surface area contributed by atoms with Gasteiger partial charge in [-0.1, -0.05) is 18.2 Å². The molecular formula is C18H12N4O2S. The van der Waals surface area contributed by atoms with Gasteiger partial charge >= 0.3 is 0 Å². The van der Waals surface area contributed by atoms with E-state index in [-0.39, 0.29) is 17.2 Å². The molecule has 122 valence electrons. The lowest BCUT2D eigenvalue weighted by Crippen LogP contribution is -2.19. The maximum Gasteiger partial charge on any atom is 0.276 e. The number of thiazole rings is 1. The highest BCUT2D eigenvalue weighted by Gasteiger charge is 2.14. The molecule has 0 saturated carbocycles. The highest BCUT2D eigenvalue weighted by atomic mass is 32.1. The molecule has 0 fully saturated rings. The number of benzene rings is 2. The first-order valence-electron chi connectivity index (χ1n) is 7.51. The third kappa shape index (κ3) is 2.92. The van der Waals surface area contributed by atoms with E-state index in [2.05, 4.69) is 20.5 Å².